The number of carbonyl (C=O) groups excluding carboxylic acids is 3. The summed E-state index contributed by atoms with van der Waals surface area (Å²) in [6.45, 7) is 6.51. The molecule has 0 fully saturated rings. The van der Waals surface area contributed by atoms with E-state index in [1.807, 2.05) is 0 Å². The van der Waals surface area contributed by atoms with E-state index in [-0.39, 0.29) is 31.1 Å². The van der Waals surface area contributed by atoms with E-state index >= 15 is 0 Å². The lowest BCUT2D eigenvalue weighted by Gasteiger charge is -2.18. The number of rotatable bonds is 56. The molecule has 0 rings (SSSR count). The van der Waals surface area contributed by atoms with Crippen LogP contribution >= 0.6 is 0 Å². The summed E-state index contributed by atoms with van der Waals surface area (Å²) in [6.07, 6.45) is 82.8. The molecule has 424 valence electrons. The predicted molar refractivity (Wildman–Crippen MR) is 320 cm³/mol. The number of hydrogen-bond donors (Lipinski definition) is 0. The van der Waals surface area contributed by atoms with Gasteiger partial charge in [-0.05, 0) is 83.5 Å². The van der Waals surface area contributed by atoms with Gasteiger partial charge in [-0.1, -0.05) is 291 Å². The topological polar surface area (TPSA) is 78.9 Å². The van der Waals surface area contributed by atoms with Crippen LogP contribution in [0, 0.1) is 0 Å². The Kier molecular flexibility index (Phi) is 58.8. The third-order valence-corrected chi connectivity index (χ3v) is 13.4. The van der Waals surface area contributed by atoms with Crippen molar-refractivity contribution in [2.45, 2.75) is 303 Å². The Hall–Kier alpha value is -3.67. The molecule has 1 atom stereocenters. The van der Waals surface area contributed by atoms with Gasteiger partial charge < -0.3 is 14.2 Å². The van der Waals surface area contributed by atoms with E-state index in [2.05, 4.69) is 118 Å². The third-order valence-electron chi connectivity index (χ3n) is 13.4. The fourth-order valence-corrected chi connectivity index (χ4v) is 8.69. The molecule has 0 bridgehead atoms. The summed E-state index contributed by atoms with van der Waals surface area (Å²) >= 11 is 0. The highest BCUT2D eigenvalue weighted by Gasteiger charge is 2.19. The highest BCUT2D eigenvalue weighted by atomic mass is 16.6. The Morgan fingerprint density at radius 1 is 0.284 bits per heavy atom. The molecule has 74 heavy (non-hydrogen) atoms. The summed E-state index contributed by atoms with van der Waals surface area (Å²) in [7, 11) is 0. The van der Waals surface area contributed by atoms with Gasteiger partial charge in [-0.3, -0.25) is 14.4 Å². The second kappa shape index (κ2) is 61.9. The van der Waals surface area contributed by atoms with Gasteiger partial charge in [0.15, 0.2) is 6.10 Å². The summed E-state index contributed by atoms with van der Waals surface area (Å²) < 4.78 is 16.8. The van der Waals surface area contributed by atoms with Crippen LogP contribution < -0.4 is 0 Å². The monoisotopic (exact) mass is 1030 g/mol. The first-order valence-corrected chi connectivity index (χ1v) is 31.2. The fourth-order valence-electron chi connectivity index (χ4n) is 8.69. The number of ether oxygens (including phenoxy) is 3. The highest BCUT2D eigenvalue weighted by Crippen LogP contribution is 2.16. The fraction of sp³-hybridized carbons (Fsp3) is 0.721. The SMILES string of the molecule is CC/C=C\C/C=C\C/C=C\C/C=C\C/C=C\C/C=C\C/C=C\C/C=C\CCCCCCCCC(=O)OCC(COC(=O)CCCCCCCCCC)OC(=O)CCCCCCCCCCCCCCCCCCC. The molecule has 0 aliphatic heterocycles. The van der Waals surface area contributed by atoms with Crippen molar-refractivity contribution in [2.75, 3.05) is 13.2 Å². The molecule has 0 saturated heterocycles. The molecule has 0 saturated carbocycles. The standard InChI is InChI=1S/C68H116O6/c1-4-7-10-13-16-19-21-23-25-27-28-29-30-31-32-33-34-35-36-37-38-39-40-42-43-45-47-49-52-55-58-61-67(70)73-64-65(63-72-66(69)60-57-54-51-18-15-12-9-6-3)74-68(71)62-59-56-53-50-48-46-44-41-26-24-22-20-17-14-11-8-5-2/h7,10,16,19,23,25,28-29,31-32,34-35,37-38,40,42,65H,4-6,8-9,11-15,17-18,20-22,24,26-27,30,33,36,39,41,43-64H2,1-3H3/b10-7-,19-16-,25-23-,29-28-,32-31-,35-34-,38-37-,42-40-. The van der Waals surface area contributed by atoms with Crippen molar-refractivity contribution < 1.29 is 28.6 Å². The second-order valence-electron chi connectivity index (χ2n) is 20.6. The van der Waals surface area contributed by atoms with Crippen LogP contribution in [0.15, 0.2) is 97.2 Å². The Morgan fingerprint density at radius 3 is 0.824 bits per heavy atom. The maximum Gasteiger partial charge on any atom is 0.306 e. The van der Waals surface area contributed by atoms with Crippen LogP contribution in [0.25, 0.3) is 0 Å². The molecule has 0 aromatic rings. The van der Waals surface area contributed by atoms with Crippen molar-refractivity contribution in [3.63, 3.8) is 0 Å². The minimum absolute atomic E-state index is 0.0785. The summed E-state index contributed by atoms with van der Waals surface area (Å²) in [5.74, 6) is -0.889. The number of esters is 3. The average Bonchev–Trinajstić information content (AvgIpc) is 3.40. The summed E-state index contributed by atoms with van der Waals surface area (Å²) in [6, 6.07) is 0. The van der Waals surface area contributed by atoms with Crippen molar-refractivity contribution in [2.24, 2.45) is 0 Å². The second-order valence-corrected chi connectivity index (χ2v) is 20.6. The zero-order chi connectivity index (χ0) is 53.6. The molecular weight excluding hydrogens is 913 g/mol. The van der Waals surface area contributed by atoms with E-state index in [0.29, 0.717) is 19.3 Å². The number of unbranched alkanes of at least 4 members (excludes halogenated alkanes) is 29. The molecule has 6 heteroatoms. The zero-order valence-electron chi connectivity index (χ0n) is 48.6. The summed E-state index contributed by atoms with van der Waals surface area (Å²) in [5.41, 5.74) is 0. The number of carbonyl (C=O) groups is 3. The van der Waals surface area contributed by atoms with Crippen molar-refractivity contribution in [1.29, 1.82) is 0 Å². The molecule has 0 N–H and O–H groups in total. The molecule has 1 unspecified atom stereocenters. The third kappa shape index (κ3) is 59.2. The van der Waals surface area contributed by atoms with Gasteiger partial charge in [0.05, 0.1) is 0 Å². The van der Waals surface area contributed by atoms with Gasteiger partial charge in [0.2, 0.25) is 0 Å². The van der Waals surface area contributed by atoms with Gasteiger partial charge in [0, 0.05) is 19.3 Å². The van der Waals surface area contributed by atoms with Gasteiger partial charge in [0.1, 0.15) is 13.2 Å². The van der Waals surface area contributed by atoms with E-state index in [1.165, 1.54) is 135 Å². The van der Waals surface area contributed by atoms with Crippen LogP contribution in [-0.2, 0) is 28.6 Å². The Labute approximate surface area is 457 Å². The summed E-state index contributed by atoms with van der Waals surface area (Å²) in [4.78, 5) is 38.1. The quantitative estimate of drug-likeness (QED) is 0.0261. The normalized spacial score (nSPS) is 12.7. The first-order valence-electron chi connectivity index (χ1n) is 31.2. The van der Waals surface area contributed by atoms with Crippen LogP contribution in [0.4, 0.5) is 0 Å². The molecular formula is C68H116O6. The molecule has 6 nitrogen and oxygen atoms in total. The van der Waals surface area contributed by atoms with Gasteiger partial charge in [-0.15, -0.1) is 0 Å². The van der Waals surface area contributed by atoms with Crippen LogP contribution in [0.1, 0.15) is 297 Å². The van der Waals surface area contributed by atoms with Gasteiger partial charge in [-0.25, -0.2) is 0 Å². The number of hydrogen-bond acceptors (Lipinski definition) is 6. The van der Waals surface area contributed by atoms with Crippen molar-refractivity contribution in [1.82, 2.24) is 0 Å². The van der Waals surface area contributed by atoms with E-state index in [9.17, 15) is 14.4 Å². The lowest BCUT2D eigenvalue weighted by molar-refractivity contribution is -0.167. The van der Waals surface area contributed by atoms with Crippen LogP contribution in [0.3, 0.4) is 0 Å². The largest absolute Gasteiger partial charge is 0.462 e. The van der Waals surface area contributed by atoms with Crippen LogP contribution in [0.2, 0.25) is 0 Å². The molecule has 0 spiro atoms. The zero-order valence-corrected chi connectivity index (χ0v) is 48.6. The molecule has 0 radical (unpaired) electrons. The smallest absolute Gasteiger partial charge is 0.306 e. The van der Waals surface area contributed by atoms with E-state index in [0.717, 1.165) is 122 Å². The van der Waals surface area contributed by atoms with E-state index in [4.69, 9.17) is 14.2 Å². The van der Waals surface area contributed by atoms with Gasteiger partial charge in [-0.2, -0.15) is 0 Å². The lowest BCUT2D eigenvalue weighted by Crippen LogP contribution is -2.30. The number of allylic oxidation sites excluding steroid dienone is 16. The van der Waals surface area contributed by atoms with E-state index < -0.39 is 6.10 Å². The molecule has 0 aromatic heterocycles. The first-order chi connectivity index (χ1) is 36.5. The average molecular weight is 1030 g/mol. The van der Waals surface area contributed by atoms with Crippen LogP contribution in [0.5, 0.6) is 0 Å². The van der Waals surface area contributed by atoms with Crippen molar-refractivity contribution in [3.05, 3.63) is 97.2 Å². The molecule has 0 heterocycles. The van der Waals surface area contributed by atoms with Gasteiger partial charge >= 0.3 is 17.9 Å². The van der Waals surface area contributed by atoms with Gasteiger partial charge in [0.25, 0.3) is 0 Å². The minimum Gasteiger partial charge on any atom is -0.462 e. The predicted octanol–water partition coefficient (Wildman–Crippen LogP) is 21.3. The Bertz CT molecular complexity index is 1460. The molecule has 0 aliphatic rings. The maximum absolute atomic E-state index is 12.8. The van der Waals surface area contributed by atoms with E-state index in [1.54, 1.807) is 0 Å². The molecule has 0 amide bonds. The molecule has 0 aliphatic carbocycles. The minimum atomic E-state index is -0.779. The highest BCUT2D eigenvalue weighted by molar-refractivity contribution is 5.71. The first kappa shape index (κ1) is 70.3. The Balaban J connectivity index is 4.20. The maximum atomic E-state index is 12.8. The summed E-state index contributed by atoms with van der Waals surface area (Å²) in [5, 5.41) is 0. The van der Waals surface area contributed by atoms with Crippen molar-refractivity contribution >= 4 is 17.9 Å². The lowest BCUT2D eigenvalue weighted by atomic mass is 10.0. The Morgan fingerprint density at radius 2 is 0.527 bits per heavy atom. The molecule has 0 aromatic carbocycles. The van der Waals surface area contributed by atoms with Crippen LogP contribution in [-0.4, -0.2) is 37.2 Å². The van der Waals surface area contributed by atoms with Crippen molar-refractivity contribution in [3.8, 4) is 0 Å².